The van der Waals surface area contributed by atoms with E-state index < -0.39 is 10.0 Å². The molecule has 6 nitrogen and oxygen atoms in total. The molecule has 7 heteroatoms. The van der Waals surface area contributed by atoms with Gasteiger partial charge in [-0.1, -0.05) is 5.16 Å². The van der Waals surface area contributed by atoms with Gasteiger partial charge in [0.1, 0.15) is 5.69 Å². The summed E-state index contributed by atoms with van der Waals surface area (Å²) in [5.41, 5.74) is 3.83. The lowest BCUT2D eigenvalue weighted by Crippen LogP contribution is -2.36. The fourth-order valence-corrected chi connectivity index (χ4v) is 4.67. The lowest BCUT2D eigenvalue weighted by atomic mass is 10.1. The number of aryl methyl sites for hydroxylation is 5. The van der Waals surface area contributed by atoms with Crippen LogP contribution in [0.25, 0.3) is 0 Å². The SMILES string of the molecule is Cc1cc2c(nc1C)CCCN2S(=O)(=O)c1c(C)noc1C. The van der Waals surface area contributed by atoms with E-state index in [0.717, 1.165) is 29.8 Å². The summed E-state index contributed by atoms with van der Waals surface area (Å²) in [4.78, 5) is 4.72. The molecule has 1 aliphatic rings. The average molecular weight is 321 g/mol. The van der Waals surface area contributed by atoms with Gasteiger partial charge in [-0.3, -0.25) is 9.29 Å². The summed E-state index contributed by atoms with van der Waals surface area (Å²) in [6, 6.07) is 1.91. The number of hydrogen-bond acceptors (Lipinski definition) is 5. The van der Waals surface area contributed by atoms with Crippen LogP contribution in [0.2, 0.25) is 0 Å². The molecule has 1 aliphatic heterocycles. The molecular formula is C15H19N3O3S. The molecule has 0 saturated carbocycles. The van der Waals surface area contributed by atoms with E-state index in [9.17, 15) is 8.42 Å². The number of fused-ring (bicyclic) bond motifs is 1. The molecule has 3 rings (SSSR count). The van der Waals surface area contributed by atoms with Crippen LogP contribution in [0.1, 0.15) is 34.8 Å². The number of rotatable bonds is 2. The summed E-state index contributed by atoms with van der Waals surface area (Å²) in [7, 11) is -3.69. The molecule has 0 radical (unpaired) electrons. The number of anilines is 1. The Morgan fingerprint density at radius 2 is 1.91 bits per heavy atom. The normalized spacial score (nSPS) is 15.0. The Kier molecular flexibility index (Phi) is 3.47. The molecule has 0 N–H and O–H groups in total. The first-order valence-corrected chi connectivity index (χ1v) is 8.69. The summed E-state index contributed by atoms with van der Waals surface area (Å²) >= 11 is 0. The van der Waals surface area contributed by atoms with Crippen LogP contribution in [-0.2, 0) is 16.4 Å². The first-order valence-electron chi connectivity index (χ1n) is 7.25. The Morgan fingerprint density at radius 1 is 1.18 bits per heavy atom. The third-order valence-electron chi connectivity index (χ3n) is 4.08. The zero-order valence-corrected chi connectivity index (χ0v) is 14.0. The molecule has 0 atom stereocenters. The first-order chi connectivity index (χ1) is 10.3. The van der Waals surface area contributed by atoms with Crippen molar-refractivity contribution in [2.24, 2.45) is 0 Å². The predicted molar refractivity (Wildman–Crippen MR) is 82.5 cm³/mol. The third-order valence-corrected chi connectivity index (χ3v) is 6.14. The zero-order valence-electron chi connectivity index (χ0n) is 13.2. The minimum absolute atomic E-state index is 0.165. The van der Waals surface area contributed by atoms with Gasteiger partial charge in [-0.05, 0) is 52.2 Å². The van der Waals surface area contributed by atoms with Gasteiger partial charge >= 0.3 is 0 Å². The Bertz CT molecular complexity index is 820. The summed E-state index contributed by atoms with van der Waals surface area (Å²) < 4.78 is 32.6. The molecule has 2 aromatic rings. The van der Waals surface area contributed by atoms with Crippen molar-refractivity contribution in [3.63, 3.8) is 0 Å². The Morgan fingerprint density at radius 3 is 2.55 bits per heavy atom. The molecule has 0 unspecified atom stereocenters. The van der Waals surface area contributed by atoms with Gasteiger partial charge in [-0.15, -0.1) is 0 Å². The topological polar surface area (TPSA) is 76.3 Å². The standard InChI is InChI=1S/C15H19N3O3S/c1-9-8-14-13(16-10(9)2)6-5-7-18(14)22(19,20)15-11(3)17-21-12(15)4/h8H,5-7H2,1-4H3. The van der Waals surface area contributed by atoms with E-state index in [4.69, 9.17) is 4.52 Å². The second kappa shape index (κ2) is 5.08. The van der Waals surface area contributed by atoms with Crippen LogP contribution in [0.4, 0.5) is 5.69 Å². The van der Waals surface area contributed by atoms with Crippen molar-refractivity contribution in [1.82, 2.24) is 10.1 Å². The lowest BCUT2D eigenvalue weighted by molar-refractivity contribution is 0.390. The largest absolute Gasteiger partial charge is 0.360 e. The highest BCUT2D eigenvalue weighted by Gasteiger charge is 2.34. The van der Waals surface area contributed by atoms with E-state index in [1.807, 2.05) is 19.9 Å². The van der Waals surface area contributed by atoms with Gasteiger partial charge in [0.05, 0.1) is 11.4 Å². The van der Waals surface area contributed by atoms with Gasteiger partial charge in [-0.25, -0.2) is 8.42 Å². The number of aromatic nitrogens is 2. The maximum atomic E-state index is 13.0. The number of sulfonamides is 1. The first kappa shape index (κ1) is 15.0. The molecule has 118 valence electrons. The molecule has 22 heavy (non-hydrogen) atoms. The van der Waals surface area contributed by atoms with Gasteiger partial charge < -0.3 is 4.52 Å². The number of nitrogens with zero attached hydrogens (tertiary/aromatic N) is 3. The summed E-state index contributed by atoms with van der Waals surface area (Å²) in [6.07, 6.45) is 1.55. The molecule has 0 spiro atoms. The van der Waals surface area contributed by atoms with Crippen LogP contribution < -0.4 is 4.31 Å². The molecule has 0 aliphatic carbocycles. The van der Waals surface area contributed by atoms with Gasteiger partial charge in [-0.2, -0.15) is 0 Å². The smallest absolute Gasteiger partial charge is 0.269 e. The Balaban J connectivity index is 2.17. The van der Waals surface area contributed by atoms with Crippen LogP contribution in [0, 0.1) is 27.7 Å². The summed E-state index contributed by atoms with van der Waals surface area (Å²) in [5, 5.41) is 3.77. The molecule has 0 fully saturated rings. The summed E-state index contributed by atoms with van der Waals surface area (Å²) in [5.74, 6) is 0.321. The van der Waals surface area contributed by atoms with Crippen LogP contribution >= 0.6 is 0 Å². The molecule has 0 saturated heterocycles. The van der Waals surface area contributed by atoms with Crippen molar-refractivity contribution < 1.29 is 12.9 Å². The lowest BCUT2D eigenvalue weighted by Gasteiger charge is -2.30. The molecule has 2 aromatic heterocycles. The van der Waals surface area contributed by atoms with Gasteiger partial charge in [0, 0.05) is 12.2 Å². The fraction of sp³-hybridized carbons (Fsp3) is 0.467. The van der Waals surface area contributed by atoms with E-state index in [-0.39, 0.29) is 4.90 Å². The second-order valence-corrected chi connectivity index (χ2v) is 7.49. The van der Waals surface area contributed by atoms with Crippen molar-refractivity contribution in [1.29, 1.82) is 0 Å². The number of pyridine rings is 1. The third kappa shape index (κ3) is 2.20. The maximum Gasteiger partial charge on any atom is 0.269 e. The summed E-state index contributed by atoms with van der Waals surface area (Å²) in [6.45, 7) is 7.60. The monoisotopic (exact) mass is 321 g/mol. The minimum atomic E-state index is -3.69. The van der Waals surface area contributed by atoms with Crippen molar-refractivity contribution in [2.45, 2.75) is 45.4 Å². The molecule has 0 amide bonds. The van der Waals surface area contributed by atoms with E-state index in [1.54, 1.807) is 13.8 Å². The van der Waals surface area contributed by atoms with E-state index >= 15 is 0 Å². The van der Waals surface area contributed by atoms with Gasteiger partial charge in [0.25, 0.3) is 10.0 Å². The highest BCUT2D eigenvalue weighted by atomic mass is 32.2. The van der Waals surface area contributed by atoms with E-state index in [0.29, 0.717) is 23.7 Å². The van der Waals surface area contributed by atoms with E-state index in [1.165, 1.54) is 4.31 Å². The van der Waals surface area contributed by atoms with Crippen LogP contribution in [0.15, 0.2) is 15.5 Å². The van der Waals surface area contributed by atoms with Crippen molar-refractivity contribution in [3.8, 4) is 0 Å². The van der Waals surface area contributed by atoms with Crippen molar-refractivity contribution >= 4 is 15.7 Å². The molecule has 0 aromatic carbocycles. The zero-order chi connectivity index (χ0) is 16.1. The van der Waals surface area contributed by atoms with Crippen molar-refractivity contribution in [3.05, 3.63) is 34.5 Å². The molecular weight excluding hydrogens is 302 g/mol. The molecule has 3 heterocycles. The van der Waals surface area contributed by atoms with Gasteiger partial charge in [0.15, 0.2) is 10.7 Å². The quantitative estimate of drug-likeness (QED) is 0.849. The van der Waals surface area contributed by atoms with Gasteiger partial charge in [0.2, 0.25) is 0 Å². The average Bonchev–Trinajstić information content (AvgIpc) is 2.79. The minimum Gasteiger partial charge on any atom is -0.360 e. The maximum absolute atomic E-state index is 13.0. The van der Waals surface area contributed by atoms with Crippen LogP contribution in [-0.4, -0.2) is 25.1 Å². The highest BCUT2D eigenvalue weighted by Crippen LogP contribution is 2.34. The fourth-order valence-electron chi connectivity index (χ4n) is 2.85. The second-order valence-electron chi connectivity index (χ2n) is 5.69. The van der Waals surface area contributed by atoms with Crippen molar-refractivity contribution in [2.75, 3.05) is 10.8 Å². The highest BCUT2D eigenvalue weighted by molar-refractivity contribution is 7.93. The number of hydrogen-bond donors (Lipinski definition) is 0. The predicted octanol–water partition coefficient (Wildman–Crippen LogP) is 2.44. The Labute approximate surface area is 130 Å². The van der Waals surface area contributed by atoms with Crippen LogP contribution in [0.5, 0.6) is 0 Å². The van der Waals surface area contributed by atoms with E-state index in [2.05, 4.69) is 10.1 Å². The molecule has 0 bridgehead atoms. The van der Waals surface area contributed by atoms with Crippen LogP contribution in [0.3, 0.4) is 0 Å². The Hall–Kier alpha value is -1.89.